The monoisotopic (exact) mass is 332 g/mol. The molecule has 0 unspecified atom stereocenters. The zero-order valence-corrected chi connectivity index (χ0v) is 13.9. The molecule has 1 heterocycles. The lowest BCUT2D eigenvalue weighted by molar-refractivity contribution is 0.0337. The third-order valence-corrected chi connectivity index (χ3v) is 2.98. The molecule has 0 bridgehead atoms. The second-order valence-corrected chi connectivity index (χ2v) is 5.27. The van der Waals surface area contributed by atoms with Crippen LogP contribution in [0.4, 0.5) is 0 Å². The lowest BCUT2D eigenvalue weighted by Crippen LogP contribution is -2.10. The van der Waals surface area contributed by atoms with E-state index in [2.05, 4.69) is 0 Å². The van der Waals surface area contributed by atoms with Crippen LogP contribution in [0.5, 0.6) is 11.5 Å². The van der Waals surface area contributed by atoms with Gasteiger partial charge in [-0.25, -0.2) is 4.79 Å². The molecule has 0 amide bonds. The second-order valence-electron chi connectivity index (χ2n) is 5.27. The topological polar surface area (TPSA) is 75.0 Å². The molecule has 0 saturated heterocycles. The van der Waals surface area contributed by atoms with Crippen LogP contribution in [0.15, 0.2) is 34.7 Å². The van der Waals surface area contributed by atoms with Crippen molar-refractivity contribution in [1.29, 1.82) is 0 Å². The zero-order chi connectivity index (χ0) is 17.5. The van der Waals surface area contributed by atoms with Crippen LogP contribution >= 0.6 is 0 Å². The van der Waals surface area contributed by atoms with Gasteiger partial charge in [-0.15, -0.1) is 0 Å². The third kappa shape index (κ3) is 4.62. The number of benzene rings is 1. The van der Waals surface area contributed by atoms with E-state index in [4.69, 9.17) is 18.6 Å². The molecule has 0 saturated carbocycles. The van der Waals surface area contributed by atoms with E-state index in [1.165, 1.54) is 0 Å². The molecule has 6 nitrogen and oxygen atoms in total. The SMILES string of the molecule is CCOc1cc(C=O)ccc1OCc1ccc(C(=O)OC(C)C)o1. The van der Waals surface area contributed by atoms with Gasteiger partial charge in [0.2, 0.25) is 5.76 Å². The van der Waals surface area contributed by atoms with E-state index in [-0.39, 0.29) is 18.5 Å². The average molecular weight is 332 g/mol. The highest BCUT2D eigenvalue weighted by molar-refractivity contribution is 5.86. The summed E-state index contributed by atoms with van der Waals surface area (Å²) >= 11 is 0. The maximum atomic E-state index is 11.7. The number of carbonyl (C=O) groups is 2. The highest BCUT2D eigenvalue weighted by Gasteiger charge is 2.15. The highest BCUT2D eigenvalue weighted by Crippen LogP contribution is 2.29. The Morgan fingerprint density at radius 2 is 1.96 bits per heavy atom. The van der Waals surface area contributed by atoms with Crippen LogP contribution in [-0.4, -0.2) is 25.0 Å². The first-order valence-corrected chi connectivity index (χ1v) is 7.68. The Kier molecular flexibility index (Phi) is 6.01. The molecule has 0 aliphatic carbocycles. The molecule has 2 aromatic rings. The number of hydrogen-bond donors (Lipinski definition) is 0. The van der Waals surface area contributed by atoms with E-state index < -0.39 is 5.97 Å². The van der Waals surface area contributed by atoms with Crippen molar-refractivity contribution in [3.05, 3.63) is 47.4 Å². The van der Waals surface area contributed by atoms with E-state index in [1.807, 2.05) is 6.92 Å². The van der Waals surface area contributed by atoms with Crippen LogP contribution in [-0.2, 0) is 11.3 Å². The lowest BCUT2D eigenvalue weighted by Gasteiger charge is -2.11. The molecular weight excluding hydrogens is 312 g/mol. The Morgan fingerprint density at radius 3 is 2.62 bits per heavy atom. The summed E-state index contributed by atoms with van der Waals surface area (Å²) in [6.45, 7) is 5.95. The van der Waals surface area contributed by atoms with E-state index in [0.29, 0.717) is 29.4 Å². The summed E-state index contributed by atoms with van der Waals surface area (Å²) in [6.07, 6.45) is 0.526. The van der Waals surface area contributed by atoms with Gasteiger partial charge in [0, 0.05) is 5.56 Å². The molecule has 0 N–H and O–H groups in total. The molecule has 2 rings (SSSR count). The van der Waals surface area contributed by atoms with Crippen molar-refractivity contribution in [3.8, 4) is 11.5 Å². The van der Waals surface area contributed by atoms with Crippen LogP contribution in [0.25, 0.3) is 0 Å². The fraction of sp³-hybridized carbons (Fsp3) is 0.333. The number of rotatable bonds is 8. The summed E-state index contributed by atoms with van der Waals surface area (Å²) in [4.78, 5) is 22.6. The lowest BCUT2D eigenvalue weighted by atomic mass is 10.2. The van der Waals surface area contributed by atoms with Crippen LogP contribution in [0.1, 0.15) is 47.4 Å². The molecule has 6 heteroatoms. The standard InChI is InChI=1S/C18H20O6/c1-4-21-17-9-13(10-19)5-7-15(17)22-11-14-6-8-16(24-14)18(20)23-12(2)3/h5-10,12H,4,11H2,1-3H3. The van der Waals surface area contributed by atoms with Crippen molar-refractivity contribution in [2.75, 3.05) is 6.61 Å². The fourth-order valence-electron chi connectivity index (χ4n) is 1.97. The van der Waals surface area contributed by atoms with Gasteiger partial charge in [0.05, 0.1) is 12.7 Å². The van der Waals surface area contributed by atoms with Gasteiger partial charge in [-0.1, -0.05) is 0 Å². The predicted molar refractivity (Wildman–Crippen MR) is 86.6 cm³/mol. The normalized spacial score (nSPS) is 10.5. The summed E-state index contributed by atoms with van der Waals surface area (Å²) in [6, 6.07) is 8.10. The molecule has 0 aliphatic rings. The Labute approximate surface area is 140 Å². The van der Waals surface area contributed by atoms with Crippen molar-refractivity contribution < 1.29 is 28.2 Å². The van der Waals surface area contributed by atoms with E-state index in [0.717, 1.165) is 6.29 Å². The van der Waals surface area contributed by atoms with E-state index in [9.17, 15) is 9.59 Å². The first kappa shape index (κ1) is 17.6. The zero-order valence-electron chi connectivity index (χ0n) is 13.9. The van der Waals surface area contributed by atoms with Crippen molar-refractivity contribution in [3.63, 3.8) is 0 Å². The predicted octanol–water partition coefficient (Wildman–Crippen LogP) is 3.64. The van der Waals surface area contributed by atoms with Gasteiger partial charge in [-0.05, 0) is 51.1 Å². The minimum atomic E-state index is -0.512. The van der Waals surface area contributed by atoms with Gasteiger partial charge in [-0.2, -0.15) is 0 Å². The first-order valence-electron chi connectivity index (χ1n) is 7.68. The number of ether oxygens (including phenoxy) is 3. The van der Waals surface area contributed by atoms with Gasteiger partial charge < -0.3 is 18.6 Å². The number of aldehydes is 1. The highest BCUT2D eigenvalue weighted by atomic mass is 16.6. The molecule has 1 aromatic heterocycles. The molecule has 0 radical (unpaired) electrons. The van der Waals surface area contributed by atoms with Crippen LogP contribution in [0.3, 0.4) is 0 Å². The minimum absolute atomic E-state index is 0.121. The first-order chi connectivity index (χ1) is 11.5. The summed E-state index contributed by atoms with van der Waals surface area (Å²) in [7, 11) is 0. The largest absolute Gasteiger partial charge is 0.490 e. The van der Waals surface area contributed by atoms with Crippen LogP contribution in [0, 0.1) is 0 Å². The van der Waals surface area contributed by atoms with Crippen molar-refractivity contribution in [2.45, 2.75) is 33.5 Å². The van der Waals surface area contributed by atoms with Crippen molar-refractivity contribution in [2.24, 2.45) is 0 Å². The molecule has 128 valence electrons. The van der Waals surface area contributed by atoms with Gasteiger partial charge in [-0.3, -0.25) is 4.79 Å². The average Bonchev–Trinajstić information content (AvgIpc) is 3.02. The summed E-state index contributed by atoms with van der Waals surface area (Å²) in [5.74, 6) is 1.07. The van der Waals surface area contributed by atoms with Gasteiger partial charge in [0.15, 0.2) is 11.5 Å². The number of hydrogen-bond acceptors (Lipinski definition) is 6. The summed E-state index contributed by atoms with van der Waals surface area (Å²) in [5, 5.41) is 0. The number of esters is 1. The summed E-state index contributed by atoms with van der Waals surface area (Å²) in [5.41, 5.74) is 0.502. The third-order valence-electron chi connectivity index (χ3n) is 2.98. The van der Waals surface area contributed by atoms with Gasteiger partial charge >= 0.3 is 5.97 Å². The number of carbonyl (C=O) groups excluding carboxylic acids is 2. The van der Waals surface area contributed by atoms with E-state index >= 15 is 0 Å². The van der Waals surface area contributed by atoms with Crippen LogP contribution < -0.4 is 9.47 Å². The Morgan fingerprint density at radius 1 is 1.17 bits per heavy atom. The molecule has 0 atom stereocenters. The molecule has 0 spiro atoms. The van der Waals surface area contributed by atoms with Gasteiger partial charge in [0.1, 0.15) is 18.7 Å². The van der Waals surface area contributed by atoms with Gasteiger partial charge in [0.25, 0.3) is 0 Å². The molecule has 0 aliphatic heterocycles. The minimum Gasteiger partial charge on any atom is -0.490 e. The van der Waals surface area contributed by atoms with E-state index in [1.54, 1.807) is 44.2 Å². The Bertz CT molecular complexity index is 701. The Balaban J connectivity index is 2.04. The molecule has 1 aromatic carbocycles. The summed E-state index contributed by atoms with van der Waals surface area (Å²) < 4.78 is 21.6. The number of furan rings is 1. The fourth-order valence-corrected chi connectivity index (χ4v) is 1.97. The maximum absolute atomic E-state index is 11.7. The smallest absolute Gasteiger partial charge is 0.374 e. The molecule has 24 heavy (non-hydrogen) atoms. The van der Waals surface area contributed by atoms with Crippen LogP contribution in [0.2, 0.25) is 0 Å². The second kappa shape index (κ2) is 8.19. The Hall–Kier alpha value is -2.76. The quantitative estimate of drug-likeness (QED) is 0.543. The molecular formula is C18H20O6. The molecule has 0 fully saturated rings. The van der Waals surface area contributed by atoms with Crippen molar-refractivity contribution >= 4 is 12.3 Å². The van der Waals surface area contributed by atoms with Crippen molar-refractivity contribution in [1.82, 2.24) is 0 Å². The maximum Gasteiger partial charge on any atom is 0.374 e.